The summed E-state index contributed by atoms with van der Waals surface area (Å²) in [5.41, 5.74) is 5.25. The van der Waals surface area contributed by atoms with Gasteiger partial charge in [0.05, 0.1) is 35.0 Å². The van der Waals surface area contributed by atoms with Crippen molar-refractivity contribution < 1.29 is 23.8 Å². The van der Waals surface area contributed by atoms with Gasteiger partial charge in [0.2, 0.25) is 5.88 Å². The Labute approximate surface area is 234 Å². The van der Waals surface area contributed by atoms with Crippen molar-refractivity contribution >= 4 is 50.3 Å². The Balaban J connectivity index is 1.69. The van der Waals surface area contributed by atoms with Gasteiger partial charge in [-0.05, 0) is 69.7 Å². The Kier molecular flexibility index (Phi) is 7.40. The maximum atomic E-state index is 13.6. The van der Waals surface area contributed by atoms with E-state index in [1.165, 1.54) is 11.3 Å². The fourth-order valence-corrected chi connectivity index (χ4v) is 5.22. The Hall–Kier alpha value is -4.51. The molecule has 0 spiro atoms. The highest BCUT2D eigenvalue weighted by Crippen LogP contribution is 2.41. The first-order valence-electron chi connectivity index (χ1n) is 12.7. The van der Waals surface area contributed by atoms with Crippen LogP contribution in [-0.2, 0) is 16.0 Å². The number of pyridine rings is 2. The van der Waals surface area contributed by atoms with Crippen LogP contribution in [0.15, 0.2) is 54.3 Å². The molecule has 0 atom stereocenters. The van der Waals surface area contributed by atoms with E-state index in [1.54, 1.807) is 64.8 Å². The van der Waals surface area contributed by atoms with Crippen LogP contribution in [0.2, 0.25) is 0 Å². The van der Waals surface area contributed by atoms with Crippen molar-refractivity contribution in [1.82, 2.24) is 19.5 Å². The number of thiazole rings is 1. The SMILES string of the molecule is CCOC(=O)c1c(-c2cccnc2OC)c2cc3scnc3cc2n1Cc1ccnc(NC(=O)OC(C)(C)C)c1. The van der Waals surface area contributed by atoms with Gasteiger partial charge in [0.1, 0.15) is 17.1 Å². The minimum absolute atomic E-state index is 0.208. The van der Waals surface area contributed by atoms with Gasteiger partial charge >= 0.3 is 12.1 Å². The summed E-state index contributed by atoms with van der Waals surface area (Å²) in [4.78, 5) is 39.1. The molecule has 1 aromatic carbocycles. The zero-order valence-electron chi connectivity index (χ0n) is 22.8. The molecule has 4 heterocycles. The molecule has 1 N–H and O–H groups in total. The van der Waals surface area contributed by atoms with Crippen molar-refractivity contribution in [3.05, 3.63) is 65.6 Å². The second kappa shape index (κ2) is 10.9. The van der Waals surface area contributed by atoms with Gasteiger partial charge in [0, 0.05) is 35.5 Å². The van der Waals surface area contributed by atoms with Gasteiger partial charge < -0.3 is 18.8 Å². The number of hydrogen-bond donors (Lipinski definition) is 1. The van der Waals surface area contributed by atoms with Crippen LogP contribution < -0.4 is 10.1 Å². The lowest BCUT2D eigenvalue weighted by molar-refractivity contribution is 0.0515. The molecule has 0 radical (unpaired) electrons. The lowest BCUT2D eigenvalue weighted by Crippen LogP contribution is -2.27. The summed E-state index contributed by atoms with van der Waals surface area (Å²) in [6.45, 7) is 7.64. The molecule has 40 heavy (non-hydrogen) atoms. The van der Waals surface area contributed by atoms with Crippen LogP contribution in [0.25, 0.3) is 32.2 Å². The molecule has 5 rings (SSSR count). The number of methoxy groups -OCH3 is 1. The van der Waals surface area contributed by atoms with Gasteiger partial charge in [-0.25, -0.2) is 24.5 Å². The van der Waals surface area contributed by atoms with Gasteiger partial charge in [-0.2, -0.15) is 0 Å². The highest BCUT2D eigenvalue weighted by Gasteiger charge is 2.28. The number of aromatic nitrogens is 4. The molecule has 0 fully saturated rings. The molecule has 206 valence electrons. The van der Waals surface area contributed by atoms with E-state index in [-0.39, 0.29) is 13.2 Å². The summed E-state index contributed by atoms with van der Waals surface area (Å²) in [7, 11) is 1.55. The highest BCUT2D eigenvalue weighted by atomic mass is 32.1. The first kappa shape index (κ1) is 27.1. The van der Waals surface area contributed by atoms with Crippen LogP contribution in [0.3, 0.4) is 0 Å². The quantitative estimate of drug-likeness (QED) is 0.231. The Morgan fingerprint density at radius 1 is 1.07 bits per heavy atom. The topological polar surface area (TPSA) is 117 Å². The summed E-state index contributed by atoms with van der Waals surface area (Å²) in [5, 5.41) is 3.52. The molecule has 0 aliphatic rings. The Morgan fingerprint density at radius 3 is 2.65 bits per heavy atom. The third kappa shape index (κ3) is 5.46. The fourth-order valence-electron chi connectivity index (χ4n) is 4.52. The standard InChI is InChI=1S/C29H29N5O5S/c1-6-38-27(35)25-24(18-8-7-10-31-26(18)37-5)19-13-22-20(32-16-40-22)14-21(19)34(25)15-17-9-11-30-23(12-17)33-28(36)39-29(2,3)4/h7-14,16H,6,15H2,1-5H3,(H,30,33,36). The van der Waals surface area contributed by atoms with E-state index in [9.17, 15) is 9.59 Å². The first-order chi connectivity index (χ1) is 19.2. The number of ether oxygens (including phenoxy) is 3. The van der Waals surface area contributed by atoms with Crippen molar-refractivity contribution in [3.63, 3.8) is 0 Å². The molecule has 0 unspecified atom stereocenters. The van der Waals surface area contributed by atoms with Crippen molar-refractivity contribution in [1.29, 1.82) is 0 Å². The number of nitrogens with zero attached hydrogens (tertiary/aromatic N) is 4. The minimum atomic E-state index is -0.648. The van der Waals surface area contributed by atoms with Crippen molar-refractivity contribution in [3.8, 4) is 17.0 Å². The van der Waals surface area contributed by atoms with E-state index in [0.29, 0.717) is 28.5 Å². The molecular weight excluding hydrogens is 530 g/mol. The number of fused-ring (bicyclic) bond motifs is 2. The highest BCUT2D eigenvalue weighted by molar-refractivity contribution is 7.16. The summed E-state index contributed by atoms with van der Waals surface area (Å²) in [6.07, 6.45) is 2.64. The monoisotopic (exact) mass is 559 g/mol. The molecule has 0 aliphatic carbocycles. The van der Waals surface area contributed by atoms with E-state index >= 15 is 0 Å². The van der Waals surface area contributed by atoms with Gasteiger partial charge in [-0.15, -0.1) is 11.3 Å². The van der Waals surface area contributed by atoms with Gasteiger partial charge in [0.25, 0.3) is 0 Å². The number of hydrogen-bond acceptors (Lipinski definition) is 9. The molecular formula is C29H29N5O5S. The Bertz CT molecular complexity index is 1720. The van der Waals surface area contributed by atoms with Crippen LogP contribution in [0, 0.1) is 0 Å². The van der Waals surface area contributed by atoms with Crippen molar-refractivity contribution in [2.75, 3.05) is 19.0 Å². The summed E-state index contributed by atoms with van der Waals surface area (Å²) in [6, 6.07) is 11.3. The molecule has 0 aliphatic heterocycles. The second-order valence-corrected chi connectivity index (χ2v) is 10.8. The zero-order chi connectivity index (χ0) is 28.4. The number of anilines is 1. The van der Waals surface area contributed by atoms with Crippen molar-refractivity contribution in [2.24, 2.45) is 0 Å². The number of amides is 1. The van der Waals surface area contributed by atoms with E-state index in [2.05, 4.69) is 20.3 Å². The summed E-state index contributed by atoms with van der Waals surface area (Å²) >= 11 is 1.52. The summed E-state index contributed by atoms with van der Waals surface area (Å²) in [5.74, 6) is 0.248. The molecule has 0 saturated heterocycles. The first-order valence-corrected chi connectivity index (χ1v) is 13.6. The molecule has 4 aromatic heterocycles. The zero-order valence-corrected chi connectivity index (χ0v) is 23.7. The smallest absolute Gasteiger partial charge is 0.413 e. The number of carbonyl (C=O) groups is 2. The molecule has 0 saturated carbocycles. The van der Waals surface area contributed by atoms with Crippen LogP contribution in [-0.4, -0.2) is 50.9 Å². The van der Waals surface area contributed by atoms with E-state index in [4.69, 9.17) is 14.2 Å². The predicted octanol–water partition coefficient (Wildman–Crippen LogP) is 6.29. The number of esters is 1. The van der Waals surface area contributed by atoms with Crippen LogP contribution in [0.4, 0.5) is 10.6 Å². The van der Waals surface area contributed by atoms with E-state index in [0.717, 1.165) is 26.7 Å². The lowest BCUT2D eigenvalue weighted by atomic mass is 10.0. The maximum absolute atomic E-state index is 13.6. The predicted molar refractivity (Wildman–Crippen MR) is 154 cm³/mol. The van der Waals surface area contributed by atoms with Crippen LogP contribution in [0.5, 0.6) is 5.88 Å². The number of nitrogens with one attached hydrogen (secondary N) is 1. The fraction of sp³-hybridized carbons (Fsp3) is 0.276. The van der Waals surface area contributed by atoms with E-state index < -0.39 is 17.7 Å². The lowest BCUT2D eigenvalue weighted by Gasteiger charge is -2.19. The molecule has 0 bridgehead atoms. The summed E-state index contributed by atoms with van der Waals surface area (Å²) < 4.78 is 19.4. The number of carbonyl (C=O) groups excluding carboxylic acids is 2. The molecule has 10 nitrogen and oxygen atoms in total. The van der Waals surface area contributed by atoms with Gasteiger partial charge in [-0.3, -0.25) is 5.32 Å². The van der Waals surface area contributed by atoms with Gasteiger partial charge in [-0.1, -0.05) is 0 Å². The second-order valence-electron chi connectivity index (χ2n) is 9.96. The third-order valence-electron chi connectivity index (χ3n) is 6.01. The van der Waals surface area contributed by atoms with E-state index in [1.807, 2.05) is 28.8 Å². The van der Waals surface area contributed by atoms with Crippen LogP contribution in [0.1, 0.15) is 43.7 Å². The average molecular weight is 560 g/mol. The largest absolute Gasteiger partial charge is 0.481 e. The molecule has 11 heteroatoms. The Morgan fingerprint density at radius 2 is 1.90 bits per heavy atom. The number of benzene rings is 1. The molecule has 1 amide bonds. The average Bonchev–Trinajstić information content (AvgIpc) is 3.48. The normalized spacial score (nSPS) is 11.5. The maximum Gasteiger partial charge on any atom is 0.413 e. The van der Waals surface area contributed by atoms with Crippen molar-refractivity contribution in [2.45, 2.75) is 39.8 Å². The van der Waals surface area contributed by atoms with Gasteiger partial charge in [0.15, 0.2) is 0 Å². The molecule has 5 aromatic rings. The minimum Gasteiger partial charge on any atom is -0.481 e. The number of rotatable bonds is 7. The third-order valence-corrected chi connectivity index (χ3v) is 6.80. The van der Waals surface area contributed by atoms with Crippen LogP contribution >= 0.6 is 11.3 Å².